The average Bonchev–Trinajstić information content (AvgIpc) is 3.13. The summed E-state index contributed by atoms with van der Waals surface area (Å²) in [5.74, 6) is 0.449. The Morgan fingerprint density at radius 2 is 1.77 bits per heavy atom. The zero-order chi connectivity index (χ0) is 23.7. The van der Waals surface area contributed by atoms with Crippen LogP contribution in [0.1, 0.15) is 83.3 Å². The quantitative estimate of drug-likeness (QED) is 0.347. The number of carbonyl (C=O) groups is 1. The molecule has 0 radical (unpaired) electrons. The van der Waals surface area contributed by atoms with Crippen molar-refractivity contribution in [1.82, 2.24) is 10.2 Å². The molecule has 1 aromatic carbocycles. The van der Waals surface area contributed by atoms with Crippen molar-refractivity contribution < 1.29 is 4.79 Å². The highest BCUT2D eigenvalue weighted by Crippen LogP contribution is 2.35. The molecule has 0 spiro atoms. The molecule has 5 N–H and O–H groups in total. The van der Waals surface area contributed by atoms with E-state index in [1.807, 2.05) is 71.7 Å². The van der Waals surface area contributed by atoms with Crippen molar-refractivity contribution >= 4 is 17.4 Å². The summed E-state index contributed by atoms with van der Waals surface area (Å²) in [4.78, 5) is 18.8. The molecule has 172 valence electrons. The number of carbonyl (C=O) groups excluding carboxylic acids is 1. The molecule has 1 amide bonds. The third-order valence-corrected chi connectivity index (χ3v) is 4.17. The number of benzene rings is 1. The van der Waals surface area contributed by atoms with Crippen molar-refractivity contribution in [3.63, 3.8) is 0 Å². The molecule has 1 aromatic rings. The van der Waals surface area contributed by atoms with Gasteiger partial charge >= 0.3 is 0 Å². The lowest BCUT2D eigenvalue weighted by atomic mass is 10.0. The van der Waals surface area contributed by atoms with Gasteiger partial charge in [0.15, 0.2) is 0 Å². The van der Waals surface area contributed by atoms with Gasteiger partial charge in [-0.05, 0) is 50.1 Å². The van der Waals surface area contributed by atoms with Gasteiger partial charge in [-0.3, -0.25) is 9.69 Å². The van der Waals surface area contributed by atoms with Gasteiger partial charge in [0, 0.05) is 30.9 Å². The zero-order valence-corrected chi connectivity index (χ0v) is 20.7. The fourth-order valence-corrected chi connectivity index (χ4v) is 2.76. The number of rotatable bonds is 7. The van der Waals surface area contributed by atoms with E-state index in [9.17, 15) is 4.79 Å². The molecule has 0 saturated heterocycles. The smallest absolute Gasteiger partial charge is 0.251 e. The van der Waals surface area contributed by atoms with Crippen molar-refractivity contribution in [3.8, 4) is 0 Å². The molecule has 6 nitrogen and oxygen atoms in total. The van der Waals surface area contributed by atoms with Crippen molar-refractivity contribution in [2.24, 2.45) is 16.5 Å². The largest absolute Gasteiger partial charge is 0.387 e. The van der Waals surface area contributed by atoms with E-state index in [2.05, 4.69) is 17.2 Å². The Labute approximate surface area is 184 Å². The molecular formula is C24H45N5O. The van der Waals surface area contributed by atoms with Gasteiger partial charge in [0.05, 0.1) is 11.5 Å². The molecule has 6 heteroatoms. The number of nitrogens with zero attached hydrogens (tertiary/aromatic N) is 2. The van der Waals surface area contributed by atoms with Gasteiger partial charge in [-0.2, -0.15) is 0 Å². The maximum absolute atomic E-state index is 12.4. The molecule has 2 rings (SSSR count). The third kappa shape index (κ3) is 9.55. The van der Waals surface area contributed by atoms with Crippen LogP contribution in [0.4, 0.5) is 0 Å². The van der Waals surface area contributed by atoms with Crippen LogP contribution < -0.4 is 16.8 Å². The number of amides is 1. The molecule has 0 aliphatic heterocycles. The number of fused-ring (bicyclic) bond motifs is 1. The van der Waals surface area contributed by atoms with Crippen LogP contribution in [0.5, 0.6) is 0 Å². The number of hydrogen-bond donors (Lipinski definition) is 3. The van der Waals surface area contributed by atoms with Crippen LogP contribution in [-0.4, -0.2) is 43.4 Å². The predicted octanol–water partition coefficient (Wildman–Crippen LogP) is 4.40. The minimum Gasteiger partial charge on any atom is -0.387 e. The van der Waals surface area contributed by atoms with E-state index in [0.717, 1.165) is 30.6 Å². The van der Waals surface area contributed by atoms with E-state index in [-0.39, 0.29) is 5.91 Å². The number of aliphatic imine (C=N–C) groups is 1. The first kappa shape index (κ1) is 30.0. The summed E-state index contributed by atoms with van der Waals surface area (Å²) in [6.07, 6.45) is 1.80. The van der Waals surface area contributed by atoms with E-state index in [4.69, 9.17) is 11.5 Å². The first-order valence-electron chi connectivity index (χ1n) is 11.3. The molecule has 1 aliphatic carbocycles. The molecule has 0 fully saturated rings. The highest BCUT2D eigenvalue weighted by molar-refractivity contribution is 5.96. The van der Waals surface area contributed by atoms with E-state index in [0.29, 0.717) is 24.6 Å². The maximum Gasteiger partial charge on any atom is 0.251 e. The summed E-state index contributed by atoms with van der Waals surface area (Å²) >= 11 is 0. The Balaban J connectivity index is 0. The molecule has 0 atom stereocenters. The number of nitrogens with two attached hydrogens (primary N) is 2. The number of hydrogen-bond acceptors (Lipinski definition) is 4. The van der Waals surface area contributed by atoms with E-state index in [1.165, 1.54) is 11.1 Å². The first-order valence-corrected chi connectivity index (χ1v) is 11.3. The summed E-state index contributed by atoms with van der Waals surface area (Å²) < 4.78 is 0. The standard InChI is InChI=1S/C18H27N5O.3C2H6/c1-4-13-9-14-5-6-15(10-16(14)17(13)22-12(2)20)18(24)21-7-8-23(3)11-19;3*1-2/h5-6,10H,4,7-9,11,19H2,1-3H3,(H2,20,22)(H,21,24);3*1-2H3. The van der Waals surface area contributed by atoms with Crippen LogP contribution >= 0.6 is 0 Å². The average molecular weight is 420 g/mol. The maximum atomic E-state index is 12.4. The van der Waals surface area contributed by atoms with Crippen LogP contribution in [0.2, 0.25) is 0 Å². The number of nitrogens with one attached hydrogen (secondary N) is 1. The van der Waals surface area contributed by atoms with Crippen molar-refractivity contribution in [2.45, 2.75) is 68.2 Å². The summed E-state index contributed by atoms with van der Waals surface area (Å²) in [6.45, 7) is 17.6. The van der Waals surface area contributed by atoms with Crippen LogP contribution in [0, 0.1) is 0 Å². The topological polar surface area (TPSA) is 96.7 Å². The van der Waals surface area contributed by atoms with Gasteiger partial charge in [-0.25, -0.2) is 4.99 Å². The minimum atomic E-state index is -0.0824. The molecule has 1 aliphatic rings. The summed E-state index contributed by atoms with van der Waals surface area (Å²) in [5.41, 5.74) is 16.3. The predicted molar refractivity (Wildman–Crippen MR) is 133 cm³/mol. The van der Waals surface area contributed by atoms with Gasteiger partial charge in [0.1, 0.15) is 0 Å². The Bertz CT molecular complexity index is 676. The molecule has 0 heterocycles. The van der Waals surface area contributed by atoms with Crippen LogP contribution in [0.15, 0.2) is 28.8 Å². The SMILES string of the molecule is CC.CC.CC.CCC1=C(N=C(C)N)c2cc(C(=O)NCCN(C)CN)ccc2C1. The summed E-state index contributed by atoms with van der Waals surface area (Å²) in [6, 6.07) is 5.80. The fourth-order valence-electron chi connectivity index (χ4n) is 2.76. The van der Waals surface area contributed by atoms with Gasteiger partial charge < -0.3 is 16.8 Å². The summed E-state index contributed by atoms with van der Waals surface area (Å²) in [5, 5.41) is 2.92. The molecule has 30 heavy (non-hydrogen) atoms. The Morgan fingerprint density at radius 3 is 2.27 bits per heavy atom. The monoisotopic (exact) mass is 419 g/mol. The van der Waals surface area contributed by atoms with Crippen molar-refractivity contribution in [3.05, 3.63) is 40.5 Å². The fraction of sp³-hybridized carbons (Fsp3) is 0.583. The molecule has 0 unspecified atom stereocenters. The molecule has 0 bridgehead atoms. The van der Waals surface area contributed by atoms with Crippen molar-refractivity contribution in [2.75, 3.05) is 26.8 Å². The molecular weight excluding hydrogens is 374 g/mol. The lowest BCUT2D eigenvalue weighted by molar-refractivity contribution is 0.0950. The lowest BCUT2D eigenvalue weighted by Crippen LogP contribution is -2.35. The summed E-state index contributed by atoms with van der Waals surface area (Å²) in [7, 11) is 1.91. The van der Waals surface area contributed by atoms with Crippen molar-refractivity contribution in [1.29, 1.82) is 0 Å². The first-order chi connectivity index (χ1) is 14.5. The van der Waals surface area contributed by atoms with Crippen LogP contribution in [0.25, 0.3) is 5.70 Å². The van der Waals surface area contributed by atoms with Gasteiger partial charge in [0.25, 0.3) is 5.91 Å². The number of amidine groups is 1. The Morgan fingerprint density at radius 1 is 1.17 bits per heavy atom. The second-order valence-electron chi connectivity index (χ2n) is 6.13. The van der Waals surface area contributed by atoms with E-state index < -0.39 is 0 Å². The number of allylic oxidation sites excluding steroid dienone is 1. The van der Waals surface area contributed by atoms with Gasteiger partial charge in [-0.15, -0.1) is 0 Å². The normalized spacial score (nSPS) is 12.0. The Kier molecular flexibility index (Phi) is 17.7. The van der Waals surface area contributed by atoms with Gasteiger partial charge in [-0.1, -0.05) is 54.5 Å². The number of likely N-dealkylation sites (N-methyl/N-ethyl adjacent to an activating group) is 1. The Hall–Kier alpha value is -2.18. The minimum absolute atomic E-state index is 0.0824. The molecule has 0 saturated carbocycles. The van der Waals surface area contributed by atoms with Gasteiger partial charge in [0.2, 0.25) is 0 Å². The lowest BCUT2D eigenvalue weighted by Gasteiger charge is -2.14. The zero-order valence-electron chi connectivity index (χ0n) is 20.7. The second kappa shape index (κ2) is 17.7. The highest BCUT2D eigenvalue weighted by atomic mass is 16.1. The van der Waals surface area contributed by atoms with Crippen LogP contribution in [-0.2, 0) is 6.42 Å². The molecule has 0 aromatic heterocycles. The van der Waals surface area contributed by atoms with E-state index >= 15 is 0 Å². The third-order valence-electron chi connectivity index (χ3n) is 4.17. The van der Waals surface area contributed by atoms with Crippen LogP contribution in [0.3, 0.4) is 0 Å². The highest BCUT2D eigenvalue weighted by Gasteiger charge is 2.21. The van der Waals surface area contributed by atoms with E-state index in [1.54, 1.807) is 6.92 Å². The second-order valence-corrected chi connectivity index (χ2v) is 6.13.